The molecule has 6 nitrogen and oxygen atoms in total. The summed E-state index contributed by atoms with van der Waals surface area (Å²) >= 11 is 0. The van der Waals surface area contributed by atoms with Crippen LogP contribution in [0.1, 0.15) is 16.7 Å². The van der Waals surface area contributed by atoms with Crippen LogP contribution in [0.3, 0.4) is 0 Å². The van der Waals surface area contributed by atoms with Gasteiger partial charge in [0.15, 0.2) is 0 Å². The number of pyridine rings is 1. The van der Waals surface area contributed by atoms with Crippen molar-refractivity contribution >= 4 is 23.3 Å². The van der Waals surface area contributed by atoms with Crippen LogP contribution in [0.4, 0.5) is 24.8 Å². The third kappa shape index (κ3) is 4.25. The van der Waals surface area contributed by atoms with Crippen LogP contribution >= 0.6 is 0 Å². The topological polar surface area (TPSA) is 98.1 Å². The van der Waals surface area contributed by atoms with Gasteiger partial charge < -0.3 is 15.7 Å². The van der Waals surface area contributed by atoms with Gasteiger partial charge in [0.1, 0.15) is 18.2 Å². The van der Waals surface area contributed by atoms with E-state index in [-0.39, 0.29) is 17.3 Å². The van der Waals surface area contributed by atoms with Gasteiger partial charge in [0.05, 0.1) is 16.8 Å². The first-order valence-corrected chi connectivity index (χ1v) is 7.14. The number of nitrogens with zero attached hydrogens (tertiary/aromatic N) is 1. The second-order valence-corrected chi connectivity index (χ2v) is 5.01. The molecule has 1 heterocycles. The first-order chi connectivity index (χ1) is 11.7. The number of benzene rings is 1. The molecule has 0 amide bonds. The molecule has 0 fully saturated rings. The fourth-order valence-electron chi connectivity index (χ4n) is 2.21. The maximum Gasteiger partial charge on any atom is 0.417 e. The van der Waals surface area contributed by atoms with E-state index in [4.69, 9.17) is 10.5 Å². The average Bonchev–Trinajstić information content (AvgIpc) is 2.58. The molecule has 0 unspecified atom stereocenters. The first kappa shape index (κ1) is 18.2. The largest absolute Gasteiger partial charge is 0.480 e. The Morgan fingerprint density at radius 2 is 1.92 bits per heavy atom. The predicted molar refractivity (Wildman–Crippen MR) is 87.3 cm³/mol. The highest BCUT2D eigenvalue weighted by atomic mass is 19.4. The molecule has 0 bridgehead atoms. The lowest BCUT2D eigenvalue weighted by Gasteiger charge is -2.19. The molecule has 0 saturated carbocycles. The van der Waals surface area contributed by atoms with E-state index in [1.807, 2.05) is 0 Å². The molecule has 132 valence electrons. The highest BCUT2D eigenvalue weighted by Crippen LogP contribution is 2.37. The van der Waals surface area contributed by atoms with Gasteiger partial charge in [-0.15, -0.1) is 0 Å². The minimum absolute atomic E-state index is 0.170. The Kier molecular flexibility index (Phi) is 5.26. The van der Waals surface area contributed by atoms with Crippen LogP contribution < -0.4 is 10.6 Å². The summed E-state index contributed by atoms with van der Waals surface area (Å²) in [5.74, 6) is -1.65. The lowest BCUT2D eigenvalue weighted by molar-refractivity contribution is -0.137. The first-order valence-electron chi connectivity index (χ1n) is 7.14. The van der Waals surface area contributed by atoms with Crippen LogP contribution in [0.15, 0.2) is 36.4 Å². The van der Waals surface area contributed by atoms with Gasteiger partial charge in [0.25, 0.3) is 0 Å². The van der Waals surface area contributed by atoms with Crippen LogP contribution in [0.5, 0.6) is 0 Å². The van der Waals surface area contributed by atoms with Gasteiger partial charge in [-0.2, -0.15) is 13.2 Å². The Balaban J connectivity index is 2.60. The number of alkyl halides is 3. The molecule has 2 rings (SSSR count). The molecule has 1 aromatic heterocycles. The number of nitrogens with one attached hydrogen (secondary N) is 3. The van der Waals surface area contributed by atoms with Gasteiger partial charge in [0.2, 0.25) is 0 Å². The summed E-state index contributed by atoms with van der Waals surface area (Å²) in [6.07, 6.45) is -4.75. The summed E-state index contributed by atoms with van der Waals surface area (Å²) in [4.78, 5) is 14.6. The Morgan fingerprint density at radius 3 is 2.44 bits per heavy atom. The molecule has 0 saturated heterocycles. The molecular formula is C16H15F3N4O2. The molecular weight excluding hydrogens is 337 g/mol. The predicted octanol–water partition coefficient (Wildman–Crippen LogP) is 3.05. The molecule has 0 atom stereocenters. The normalized spacial score (nSPS) is 11.0. The van der Waals surface area contributed by atoms with Crippen molar-refractivity contribution in [2.45, 2.75) is 6.18 Å². The van der Waals surface area contributed by atoms with Crippen molar-refractivity contribution in [1.29, 1.82) is 5.41 Å². The summed E-state index contributed by atoms with van der Waals surface area (Å²) in [6, 6.07) is 8.68. The van der Waals surface area contributed by atoms with Crippen molar-refractivity contribution in [3.8, 4) is 0 Å². The second kappa shape index (κ2) is 7.20. The van der Waals surface area contributed by atoms with E-state index in [0.29, 0.717) is 11.6 Å². The Morgan fingerprint density at radius 1 is 1.28 bits per heavy atom. The van der Waals surface area contributed by atoms with E-state index in [9.17, 15) is 18.0 Å². The zero-order valence-corrected chi connectivity index (χ0v) is 13.1. The van der Waals surface area contributed by atoms with Crippen molar-refractivity contribution in [3.05, 3.63) is 53.1 Å². The van der Waals surface area contributed by atoms with Crippen molar-refractivity contribution in [2.24, 2.45) is 0 Å². The van der Waals surface area contributed by atoms with E-state index in [1.54, 1.807) is 18.2 Å². The number of halogens is 3. The van der Waals surface area contributed by atoms with Gasteiger partial charge >= 0.3 is 12.1 Å². The van der Waals surface area contributed by atoms with Crippen LogP contribution in [0.25, 0.3) is 0 Å². The zero-order valence-electron chi connectivity index (χ0n) is 13.1. The van der Waals surface area contributed by atoms with Crippen LogP contribution in [0.2, 0.25) is 0 Å². The van der Waals surface area contributed by atoms with E-state index in [1.165, 1.54) is 19.2 Å². The lowest BCUT2D eigenvalue weighted by atomic mass is 9.97. The molecule has 0 aliphatic heterocycles. The molecule has 2 aromatic rings. The zero-order chi connectivity index (χ0) is 18.6. The summed E-state index contributed by atoms with van der Waals surface area (Å²) in [6.45, 7) is -0.580. The maximum atomic E-state index is 13.5. The minimum Gasteiger partial charge on any atom is -0.480 e. The van der Waals surface area contributed by atoms with Crippen LogP contribution in [-0.4, -0.2) is 35.4 Å². The monoisotopic (exact) mass is 352 g/mol. The summed E-state index contributed by atoms with van der Waals surface area (Å²) in [7, 11) is 1.38. The number of aliphatic carboxylic acids is 1. The Hall–Kier alpha value is -3.10. The standard InChI is InChI=1S/C16H15F3N4O2/c1-21-15-13(14(20)9-5-3-2-4-6-9)10(16(17,18)19)7-11(23-15)22-8-12(24)25/h2-7,20H,8H2,1H3,(H,24,25)(H2,21,22,23). The van der Waals surface area contributed by atoms with Crippen molar-refractivity contribution in [3.63, 3.8) is 0 Å². The van der Waals surface area contributed by atoms with Gasteiger partial charge in [-0.1, -0.05) is 30.3 Å². The van der Waals surface area contributed by atoms with E-state index >= 15 is 0 Å². The molecule has 9 heteroatoms. The van der Waals surface area contributed by atoms with Crippen LogP contribution in [-0.2, 0) is 11.0 Å². The SMILES string of the molecule is CNc1nc(NCC(=O)O)cc(C(F)(F)F)c1C(=N)c1ccccc1. The van der Waals surface area contributed by atoms with Crippen molar-refractivity contribution in [2.75, 3.05) is 24.2 Å². The fourth-order valence-corrected chi connectivity index (χ4v) is 2.21. The molecule has 4 N–H and O–H groups in total. The smallest absolute Gasteiger partial charge is 0.417 e. The van der Waals surface area contributed by atoms with Gasteiger partial charge in [-0.25, -0.2) is 4.98 Å². The van der Waals surface area contributed by atoms with E-state index in [2.05, 4.69) is 15.6 Å². The van der Waals surface area contributed by atoms with Gasteiger partial charge in [-0.05, 0) is 6.07 Å². The second-order valence-electron chi connectivity index (χ2n) is 5.01. The quantitative estimate of drug-likeness (QED) is 0.599. The Bertz CT molecular complexity index is 792. The number of hydrogen-bond donors (Lipinski definition) is 4. The lowest BCUT2D eigenvalue weighted by Crippen LogP contribution is -2.20. The molecule has 0 spiro atoms. The van der Waals surface area contributed by atoms with Crippen LogP contribution in [0, 0.1) is 5.41 Å². The Labute approximate surface area is 141 Å². The third-order valence-corrected chi connectivity index (χ3v) is 3.29. The number of anilines is 2. The minimum atomic E-state index is -4.75. The average molecular weight is 352 g/mol. The summed E-state index contributed by atoms with van der Waals surface area (Å²) in [5, 5.41) is 21.7. The number of carboxylic acids is 1. The summed E-state index contributed by atoms with van der Waals surface area (Å²) < 4.78 is 40.6. The molecule has 0 aliphatic carbocycles. The van der Waals surface area contributed by atoms with E-state index < -0.39 is 29.8 Å². The number of aromatic nitrogens is 1. The number of rotatable bonds is 6. The third-order valence-electron chi connectivity index (χ3n) is 3.29. The fraction of sp³-hybridized carbons (Fsp3) is 0.188. The molecule has 25 heavy (non-hydrogen) atoms. The van der Waals surface area contributed by atoms with E-state index in [0.717, 1.165) is 0 Å². The van der Waals surface area contributed by atoms with Gasteiger partial charge in [0, 0.05) is 12.6 Å². The molecule has 1 aromatic carbocycles. The van der Waals surface area contributed by atoms with Crippen molar-refractivity contribution < 1.29 is 23.1 Å². The number of carbonyl (C=O) groups is 1. The number of carboxylic acid groups (broad SMARTS) is 1. The molecule has 0 radical (unpaired) electrons. The van der Waals surface area contributed by atoms with Crippen molar-refractivity contribution in [1.82, 2.24) is 4.98 Å². The highest BCUT2D eigenvalue weighted by molar-refractivity contribution is 6.14. The number of hydrogen-bond acceptors (Lipinski definition) is 5. The highest BCUT2D eigenvalue weighted by Gasteiger charge is 2.37. The summed E-state index contributed by atoms with van der Waals surface area (Å²) in [5.41, 5.74) is -1.51. The van der Waals surface area contributed by atoms with Gasteiger partial charge in [-0.3, -0.25) is 10.2 Å². The molecule has 0 aliphatic rings. The maximum absolute atomic E-state index is 13.5.